The first-order valence-corrected chi connectivity index (χ1v) is 10.4. The molecule has 1 aliphatic heterocycles. The number of amides is 2. The van der Waals surface area contributed by atoms with Gasteiger partial charge in [0.1, 0.15) is 18.0 Å². The van der Waals surface area contributed by atoms with Gasteiger partial charge in [0.2, 0.25) is 0 Å². The molecule has 4 rings (SSSR count). The van der Waals surface area contributed by atoms with Gasteiger partial charge >= 0.3 is 6.03 Å². The number of nitrogens with zero attached hydrogens (tertiary/aromatic N) is 7. The summed E-state index contributed by atoms with van der Waals surface area (Å²) in [5.41, 5.74) is 2.28. The summed E-state index contributed by atoms with van der Waals surface area (Å²) in [6, 6.07) is 0.00955. The molecular formula is C20H27N9O2. The van der Waals surface area contributed by atoms with Crippen molar-refractivity contribution in [2.45, 2.75) is 32.9 Å². The van der Waals surface area contributed by atoms with Gasteiger partial charge in [0.05, 0.1) is 12.2 Å². The van der Waals surface area contributed by atoms with E-state index in [2.05, 4.69) is 30.6 Å². The van der Waals surface area contributed by atoms with E-state index >= 15 is 0 Å². The van der Waals surface area contributed by atoms with E-state index in [0.717, 1.165) is 23.5 Å². The van der Waals surface area contributed by atoms with Gasteiger partial charge in [-0.25, -0.2) is 29.7 Å². The number of fused-ring (bicyclic) bond motifs is 1. The lowest BCUT2D eigenvalue weighted by atomic mass is 10.2. The molecule has 1 saturated heterocycles. The standard InChI is InChI=1S/C20H27N9O2/c1-4-29-18(14-9-22-13(2)23-10-14)27-16-17(24-12-25-19(16)29)26-15-5-7-28(11-15)20(30)21-6-8-31-3/h9-10,12,15H,4-8,11H2,1-3H3,(H,21,30)(H,24,25,26). The summed E-state index contributed by atoms with van der Waals surface area (Å²) in [6.45, 7) is 6.87. The third kappa shape index (κ3) is 4.41. The van der Waals surface area contributed by atoms with Gasteiger partial charge in [0.15, 0.2) is 17.0 Å². The molecule has 2 amide bonds. The molecule has 0 aromatic carbocycles. The number of carbonyl (C=O) groups is 1. The molecular weight excluding hydrogens is 398 g/mol. The van der Waals surface area contributed by atoms with Crippen LogP contribution in [0.2, 0.25) is 0 Å². The van der Waals surface area contributed by atoms with Gasteiger partial charge in [-0.1, -0.05) is 0 Å². The number of anilines is 1. The van der Waals surface area contributed by atoms with E-state index in [4.69, 9.17) is 9.72 Å². The zero-order chi connectivity index (χ0) is 21.8. The van der Waals surface area contributed by atoms with Gasteiger partial charge in [-0.2, -0.15) is 0 Å². The van der Waals surface area contributed by atoms with Gasteiger partial charge in [-0.15, -0.1) is 0 Å². The van der Waals surface area contributed by atoms with E-state index in [1.165, 1.54) is 6.33 Å². The second-order valence-corrected chi connectivity index (χ2v) is 7.39. The topological polar surface area (TPSA) is 123 Å². The maximum absolute atomic E-state index is 12.3. The first-order chi connectivity index (χ1) is 15.1. The van der Waals surface area contributed by atoms with Crippen LogP contribution in [0.3, 0.4) is 0 Å². The quantitative estimate of drug-likeness (QED) is 0.545. The van der Waals surface area contributed by atoms with Crippen molar-refractivity contribution in [3.05, 3.63) is 24.5 Å². The van der Waals surface area contributed by atoms with Crippen LogP contribution in [0.1, 0.15) is 19.2 Å². The highest BCUT2D eigenvalue weighted by atomic mass is 16.5. The first-order valence-electron chi connectivity index (χ1n) is 10.4. The monoisotopic (exact) mass is 425 g/mol. The summed E-state index contributed by atoms with van der Waals surface area (Å²) in [5.74, 6) is 2.13. The molecule has 11 heteroatoms. The third-order valence-electron chi connectivity index (χ3n) is 5.29. The van der Waals surface area contributed by atoms with Crippen LogP contribution in [0.5, 0.6) is 0 Å². The minimum absolute atomic E-state index is 0.0777. The maximum atomic E-state index is 12.3. The normalized spacial score (nSPS) is 16.1. The van der Waals surface area contributed by atoms with Crippen LogP contribution in [-0.4, -0.2) is 79.8 Å². The summed E-state index contributed by atoms with van der Waals surface area (Å²) < 4.78 is 7.01. The first kappa shape index (κ1) is 20.9. The van der Waals surface area contributed by atoms with Crippen LogP contribution in [-0.2, 0) is 11.3 Å². The predicted octanol–water partition coefficient (Wildman–Crippen LogP) is 1.45. The van der Waals surface area contributed by atoms with Gasteiger partial charge in [-0.05, 0) is 20.3 Å². The molecule has 1 aliphatic rings. The largest absolute Gasteiger partial charge is 0.383 e. The van der Waals surface area contributed by atoms with Crippen molar-refractivity contribution in [2.24, 2.45) is 0 Å². The number of ether oxygens (including phenoxy) is 1. The predicted molar refractivity (Wildman–Crippen MR) is 116 cm³/mol. The smallest absolute Gasteiger partial charge is 0.317 e. The number of carbonyl (C=O) groups excluding carboxylic acids is 1. The highest BCUT2D eigenvalue weighted by Gasteiger charge is 2.27. The number of aryl methyl sites for hydroxylation is 2. The molecule has 0 bridgehead atoms. The summed E-state index contributed by atoms with van der Waals surface area (Å²) in [7, 11) is 1.61. The molecule has 4 heterocycles. The fourth-order valence-electron chi connectivity index (χ4n) is 3.70. The number of methoxy groups -OCH3 is 1. The van der Waals surface area contributed by atoms with Gasteiger partial charge in [0.25, 0.3) is 0 Å². The number of hydrogen-bond acceptors (Lipinski definition) is 8. The lowest BCUT2D eigenvalue weighted by Gasteiger charge is -2.18. The van der Waals surface area contributed by atoms with Crippen LogP contribution < -0.4 is 10.6 Å². The van der Waals surface area contributed by atoms with Crippen molar-refractivity contribution >= 4 is 23.0 Å². The molecule has 3 aromatic heterocycles. The number of hydrogen-bond donors (Lipinski definition) is 2. The number of likely N-dealkylation sites (tertiary alicyclic amines) is 1. The van der Waals surface area contributed by atoms with E-state index < -0.39 is 0 Å². The molecule has 0 spiro atoms. The third-order valence-corrected chi connectivity index (χ3v) is 5.29. The Labute approximate surface area is 180 Å². The number of aromatic nitrogens is 6. The molecule has 1 unspecified atom stereocenters. The van der Waals surface area contributed by atoms with Crippen molar-refractivity contribution in [1.29, 1.82) is 0 Å². The van der Waals surface area contributed by atoms with Crippen molar-refractivity contribution in [2.75, 3.05) is 38.7 Å². The number of nitrogens with one attached hydrogen (secondary N) is 2. The van der Waals surface area contributed by atoms with Gasteiger partial charge < -0.3 is 24.8 Å². The molecule has 0 aliphatic carbocycles. The highest BCUT2D eigenvalue weighted by molar-refractivity contribution is 5.86. The van der Waals surface area contributed by atoms with Crippen LogP contribution in [0.25, 0.3) is 22.6 Å². The Morgan fingerprint density at radius 1 is 1.26 bits per heavy atom. The molecule has 31 heavy (non-hydrogen) atoms. The average molecular weight is 425 g/mol. The van der Waals surface area contributed by atoms with Crippen molar-refractivity contribution in [1.82, 2.24) is 39.7 Å². The Bertz CT molecular complexity index is 1050. The Morgan fingerprint density at radius 3 is 2.81 bits per heavy atom. The number of rotatable bonds is 7. The molecule has 2 N–H and O–H groups in total. The Hall–Kier alpha value is -3.34. The summed E-state index contributed by atoms with van der Waals surface area (Å²) in [4.78, 5) is 36.4. The fraction of sp³-hybridized carbons (Fsp3) is 0.500. The van der Waals surface area contributed by atoms with Gasteiger partial charge in [0, 0.05) is 51.7 Å². The number of imidazole rings is 1. The molecule has 11 nitrogen and oxygen atoms in total. The minimum atomic E-state index is -0.0777. The molecule has 1 fully saturated rings. The summed E-state index contributed by atoms with van der Waals surface area (Å²) in [5, 5.41) is 6.32. The van der Waals surface area contributed by atoms with Crippen molar-refractivity contribution < 1.29 is 9.53 Å². The molecule has 164 valence electrons. The lowest BCUT2D eigenvalue weighted by Crippen LogP contribution is -2.40. The zero-order valence-electron chi connectivity index (χ0n) is 18.0. The SMILES string of the molecule is CCn1c(-c2cnc(C)nc2)nc2c(NC3CCN(C(=O)NCCOC)C3)ncnc21. The van der Waals surface area contributed by atoms with E-state index in [0.29, 0.717) is 49.9 Å². The van der Waals surface area contributed by atoms with E-state index in [1.807, 2.05) is 18.4 Å². The van der Waals surface area contributed by atoms with E-state index in [-0.39, 0.29) is 12.1 Å². The minimum Gasteiger partial charge on any atom is -0.383 e. The fourth-order valence-corrected chi connectivity index (χ4v) is 3.70. The maximum Gasteiger partial charge on any atom is 0.317 e. The Kier molecular flexibility index (Phi) is 6.21. The average Bonchev–Trinajstić information content (AvgIpc) is 3.39. The molecule has 3 aromatic rings. The second kappa shape index (κ2) is 9.21. The molecule has 0 saturated carbocycles. The van der Waals surface area contributed by atoms with E-state index in [1.54, 1.807) is 24.4 Å². The van der Waals surface area contributed by atoms with Crippen molar-refractivity contribution in [3.63, 3.8) is 0 Å². The molecule has 0 radical (unpaired) electrons. The van der Waals surface area contributed by atoms with Crippen molar-refractivity contribution in [3.8, 4) is 11.4 Å². The zero-order valence-corrected chi connectivity index (χ0v) is 18.0. The Morgan fingerprint density at radius 2 is 2.06 bits per heavy atom. The molecule has 1 atom stereocenters. The lowest BCUT2D eigenvalue weighted by molar-refractivity contribution is 0.185. The number of urea groups is 1. The van der Waals surface area contributed by atoms with E-state index in [9.17, 15) is 4.79 Å². The van der Waals surface area contributed by atoms with Crippen LogP contribution in [0.15, 0.2) is 18.7 Å². The van der Waals surface area contributed by atoms with Crippen LogP contribution in [0, 0.1) is 6.92 Å². The van der Waals surface area contributed by atoms with Crippen LogP contribution in [0.4, 0.5) is 10.6 Å². The summed E-state index contributed by atoms with van der Waals surface area (Å²) >= 11 is 0. The van der Waals surface area contributed by atoms with Gasteiger partial charge in [-0.3, -0.25) is 0 Å². The Balaban J connectivity index is 1.54. The van der Waals surface area contributed by atoms with Crippen LogP contribution >= 0.6 is 0 Å². The second-order valence-electron chi connectivity index (χ2n) is 7.39. The highest BCUT2D eigenvalue weighted by Crippen LogP contribution is 2.27. The summed E-state index contributed by atoms with van der Waals surface area (Å²) in [6.07, 6.45) is 5.91.